The van der Waals surface area contributed by atoms with Crippen molar-refractivity contribution in [3.8, 4) is 11.5 Å². The fourth-order valence-electron chi connectivity index (χ4n) is 2.28. The number of benzene rings is 1. The molecular formula is C13H20BrClN2O4S. The Labute approximate surface area is 145 Å². The third-order valence-corrected chi connectivity index (χ3v) is 5.83. The lowest BCUT2D eigenvalue weighted by atomic mass is 10.1. The fourth-order valence-corrected chi connectivity index (χ4v) is 4.58. The van der Waals surface area contributed by atoms with E-state index in [2.05, 4.69) is 26.0 Å². The van der Waals surface area contributed by atoms with Gasteiger partial charge < -0.3 is 14.8 Å². The van der Waals surface area contributed by atoms with Crippen LogP contribution in [-0.4, -0.2) is 41.8 Å². The van der Waals surface area contributed by atoms with E-state index >= 15 is 0 Å². The lowest BCUT2D eigenvalue weighted by Crippen LogP contribution is -2.45. The average molecular weight is 416 g/mol. The molecule has 0 saturated carbocycles. The number of methoxy groups -OCH3 is 2. The summed E-state index contributed by atoms with van der Waals surface area (Å²) in [4.78, 5) is 0.144. The fraction of sp³-hybridized carbons (Fsp3) is 0.538. The van der Waals surface area contributed by atoms with Crippen molar-refractivity contribution in [1.29, 1.82) is 0 Å². The summed E-state index contributed by atoms with van der Waals surface area (Å²) in [6, 6.07) is 2.96. The average Bonchev–Trinajstić information content (AvgIpc) is 2.47. The first kappa shape index (κ1) is 19.5. The van der Waals surface area contributed by atoms with Gasteiger partial charge in [-0.3, -0.25) is 0 Å². The van der Waals surface area contributed by atoms with Gasteiger partial charge in [-0.15, -0.1) is 12.4 Å². The summed E-state index contributed by atoms with van der Waals surface area (Å²) in [6.07, 6.45) is 1.79. The molecule has 0 bridgehead atoms. The van der Waals surface area contributed by atoms with Crippen LogP contribution in [0.2, 0.25) is 0 Å². The van der Waals surface area contributed by atoms with Crippen molar-refractivity contribution in [2.75, 3.05) is 27.3 Å². The molecular weight excluding hydrogens is 396 g/mol. The molecule has 1 heterocycles. The van der Waals surface area contributed by atoms with Crippen molar-refractivity contribution in [2.24, 2.45) is 0 Å². The van der Waals surface area contributed by atoms with E-state index in [-0.39, 0.29) is 23.3 Å². The summed E-state index contributed by atoms with van der Waals surface area (Å²) >= 11 is 3.28. The van der Waals surface area contributed by atoms with Gasteiger partial charge in [0.1, 0.15) is 4.90 Å². The number of sulfonamides is 1. The van der Waals surface area contributed by atoms with Crippen LogP contribution in [0.25, 0.3) is 0 Å². The maximum Gasteiger partial charge on any atom is 0.242 e. The van der Waals surface area contributed by atoms with Gasteiger partial charge in [-0.05, 0) is 41.4 Å². The quantitative estimate of drug-likeness (QED) is 0.768. The summed E-state index contributed by atoms with van der Waals surface area (Å²) in [7, 11) is -0.643. The summed E-state index contributed by atoms with van der Waals surface area (Å²) < 4.78 is 38.5. The van der Waals surface area contributed by atoms with Crippen molar-refractivity contribution in [3.05, 3.63) is 16.6 Å². The van der Waals surface area contributed by atoms with Crippen LogP contribution in [0, 0.1) is 0 Å². The van der Waals surface area contributed by atoms with Gasteiger partial charge in [0.25, 0.3) is 0 Å². The van der Waals surface area contributed by atoms with Gasteiger partial charge in [-0.2, -0.15) is 0 Å². The Morgan fingerprint density at radius 3 is 2.45 bits per heavy atom. The largest absolute Gasteiger partial charge is 0.493 e. The molecule has 1 aliphatic rings. The third-order valence-electron chi connectivity index (χ3n) is 3.35. The molecule has 22 heavy (non-hydrogen) atoms. The van der Waals surface area contributed by atoms with Crippen LogP contribution in [0.15, 0.2) is 21.5 Å². The van der Waals surface area contributed by atoms with Crippen molar-refractivity contribution < 1.29 is 17.9 Å². The number of ether oxygens (including phenoxy) is 2. The molecule has 1 unspecified atom stereocenters. The maximum absolute atomic E-state index is 12.5. The van der Waals surface area contributed by atoms with Crippen LogP contribution in [0.5, 0.6) is 11.5 Å². The highest BCUT2D eigenvalue weighted by Crippen LogP contribution is 2.35. The van der Waals surface area contributed by atoms with Gasteiger partial charge in [0.05, 0.1) is 14.2 Å². The van der Waals surface area contributed by atoms with E-state index in [4.69, 9.17) is 9.47 Å². The number of hydrogen-bond donors (Lipinski definition) is 2. The van der Waals surface area contributed by atoms with Crippen LogP contribution in [0.1, 0.15) is 12.8 Å². The number of rotatable bonds is 5. The molecule has 1 aromatic carbocycles. The Morgan fingerprint density at radius 2 is 1.91 bits per heavy atom. The third kappa shape index (κ3) is 4.48. The number of halogens is 2. The van der Waals surface area contributed by atoms with Gasteiger partial charge in [-0.1, -0.05) is 0 Å². The minimum Gasteiger partial charge on any atom is -0.493 e. The zero-order valence-electron chi connectivity index (χ0n) is 12.4. The van der Waals surface area contributed by atoms with Crippen LogP contribution in [0.4, 0.5) is 0 Å². The molecule has 0 amide bonds. The van der Waals surface area contributed by atoms with E-state index in [0.717, 1.165) is 19.4 Å². The van der Waals surface area contributed by atoms with E-state index in [9.17, 15) is 8.42 Å². The number of piperidine rings is 1. The SMILES string of the molecule is COc1cc(Br)c(S(=O)(=O)NC2CCCNC2)cc1OC.Cl. The van der Waals surface area contributed by atoms with Crippen molar-refractivity contribution in [1.82, 2.24) is 10.0 Å². The van der Waals surface area contributed by atoms with Gasteiger partial charge in [-0.25, -0.2) is 13.1 Å². The molecule has 0 radical (unpaired) electrons. The molecule has 6 nitrogen and oxygen atoms in total. The first-order valence-corrected chi connectivity index (χ1v) is 8.90. The van der Waals surface area contributed by atoms with E-state index < -0.39 is 10.0 Å². The van der Waals surface area contributed by atoms with E-state index in [1.54, 1.807) is 6.07 Å². The molecule has 2 N–H and O–H groups in total. The molecule has 1 saturated heterocycles. The van der Waals surface area contributed by atoms with Gasteiger partial charge in [0.15, 0.2) is 11.5 Å². The number of hydrogen-bond acceptors (Lipinski definition) is 5. The Balaban J connectivity index is 0.00000242. The second kappa shape index (κ2) is 8.35. The zero-order valence-corrected chi connectivity index (χ0v) is 15.6. The zero-order chi connectivity index (χ0) is 15.5. The van der Waals surface area contributed by atoms with E-state index in [1.165, 1.54) is 20.3 Å². The van der Waals surface area contributed by atoms with Crippen LogP contribution < -0.4 is 19.5 Å². The second-order valence-corrected chi connectivity index (χ2v) is 7.34. The molecule has 9 heteroatoms. The van der Waals surface area contributed by atoms with Gasteiger partial charge >= 0.3 is 0 Å². The predicted molar refractivity (Wildman–Crippen MR) is 90.7 cm³/mol. The smallest absolute Gasteiger partial charge is 0.242 e. The van der Waals surface area contributed by atoms with E-state index in [1.807, 2.05) is 0 Å². The lowest BCUT2D eigenvalue weighted by molar-refractivity contribution is 0.353. The lowest BCUT2D eigenvalue weighted by Gasteiger charge is -2.24. The molecule has 2 rings (SSSR count). The molecule has 126 valence electrons. The predicted octanol–water partition coefficient (Wildman–Crippen LogP) is 1.92. The highest BCUT2D eigenvalue weighted by Gasteiger charge is 2.25. The first-order valence-electron chi connectivity index (χ1n) is 6.62. The molecule has 0 aromatic heterocycles. The van der Waals surface area contributed by atoms with Crippen LogP contribution in [-0.2, 0) is 10.0 Å². The van der Waals surface area contributed by atoms with E-state index in [0.29, 0.717) is 22.5 Å². The standard InChI is InChI=1S/C13H19BrN2O4S.ClH/c1-19-11-6-10(14)13(7-12(11)20-2)21(17,18)16-9-4-3-5-15-8-9;/h6-7,9,15-16H,3-5,8H2,1-2H3;1H. The summed E-state index contributed by atoms with van der Waals surface area (Å²) in [5.41, 5.74) is 0. The molecule has 1 fully saturated rings. The van der Waals surface area contributed by atoms with Crippen molar-refractivity contribution >= 4 is 38.4 Å². The Bertz CT molecular complexity index is 606. The van der Waals surface area contributed by atoms with Crippen molar-refractivity contribution in [2.45, 2.75) is 23.8 Å². The molecule has 0 aliphatic carbocycles. The first-order chi connectivity index (χ1) is 9.97. The normalized spacial score (nSPS) is 18.4. The highest BCUT2D eigenvalue weighted by atomic mass is 79.9. The summed E-state index contributed by atoms with van der Waals surface area (Å²) in [5, 5.41) is 3.18. The minimum atomic E-state index is -3.62. The summed E-state index contributed by atoms with van der Waals surface area (Å²) in [5.74, 6) is 0.852. The van der Waals surface area contributed by atoms with Crippen LogP contribution in [0.3, 0.4) is 0 Å². The monoisotopic (exact) mass is 414 g/mol. The maximum atomic E-state index is 12.5. The molecule has 1 aromatic rings. The Morgan fingerprint density at radius 1 is 1.27 bits per heavy atom. The van der Waals surface area contributed by atoms with Gasteiger partial charge in [0.2, 0.25) is 10.0 Å². The molecule has 1 atom stereocenters. The Kier molecular flexibility index (Phi) is 7.40. The topological polar surface area (TPSA) is 76.7 Å². The number of nitrogens with one attached hydrogen (secondary N) is 2. The van der Waals surface area contributed by atoms with Crippen molar-refractivity contribution in [3.63, 3.8) is 0 Å². The van der Waals surface area contributed by atoms with Crippen LogP contribution >= 0.6 is 28.3 Å². The minimum absolute atomic E-state index is 0. The summed E-state index contributed by atoms with van der Waals surface area (Å²) in [6.45, 7) is 1.57. The molecule has 0 spiro atoms. The molecule has 1 aliphatic heterocycles. The van der Waals surface area contributed by atoms with Gasteiger partial charge in [0, 0.05) is 23.1 Å². The second-order valence-electron chi connectivity index (χ2n) is 4.80. The Hall–Kier alpha value is -0.540. The highest BCUT2D eigenvalue weighted by molar-refractivity contribution is 9.10.